The molecule has 10 nitrogen and oxygen atoms in total. The molecular formula is C23H18N6O4. The highest BCUT2D eigenvalue weighted by molar-refractivity contribution is 5.90. The fraction of sp³-hybridized carbons (Fsp3) is 0.130. The van der Waals surface area contributed by atoms with Crippen molar-refractivity contribution in [3.05, 3.63) is 95.8 Å². The molecule has 0 radical (unpaired) electrons. The third-order valence-electron chi connectivity index (χ3n) is 5.13. The Kier molecular flexibility index (Phi) is 5.46. The Morgan fingerprint density at radius 1 is 0.727 bits per heavy atom. The van der Waals surface area contributed by atoms with E-state index < -0.39 is 11.9 Å². The van der Waals surface area contributed by atoms with Gasteiger partial charge in [-0.25, -0.2) is 9.59 Å². The van der Waals surface area contributed by atoms with E-state index in [0.717, 1.165) is 11.1 Å². The molecule has 33 heavy (non-hydrogen) atoms. The maximum atomic E-state index is 12.5. The molecule has 0 atom stereocenters. The smallest absolute Gasteiger partial charge is 0.339 e. The molecule has 0 fully saturated rings. The number of nitrogens with zero attached hydrogens (tertiary/aromatic N) is 6. The second-order valence-corrected chi connectivity index (χ2v) is 7.26. The zero-order chi connectivity index (χ0) is 22.6. The van der Waals surface area contributed by atoms with E-state index in [0.29, 0.717) is 28.8 Å². The lowest BCUT2D eigenvalue weighted by Gasteiger charge is -2.11. The van der Waals surface area contributed by atoms with Gasteiger partial charge in [-0.2, -0.15) is 0 Å². The molecule has 4 heterocycles. The lowest BCUT2D eigenvalue weighted by Crippen LogP contribution is -2.11. The molecule has 5 rings (SSSR count). The Bertz CT molecular complexity index is 1460. The van der Waals surface area contributed by atoms with Gasteiger partial charge in [0.1, 0.15) is 19.3 Å². The van der Waals surface area contributed by atoms with Gasteiger partial charge in [0.25, 0.3) is 0 Å². The number of fused-ring (bicyclic) bond motifs is 2. The van der Waals surface area contributed by atoms with Crippen molar-refractivity contribution in [1.82, 2.24) is 29.2 Å². The van der Waals surface area contributed by atoms with Crippen molar-refractivity contribution < 1.29 is 19.1 Å². The van der Waals surface area contributed by atoms with Crippen molar-refractivity contribution in [2.24, 2.45) is 0 Å². The fourth-order valence-electron chi connectivity index (χ4n) is 3.40. The minimum Gasteiger partial charge on any atom is -0.462 e. The minimum atomic E-state index is -0.448. The molecule has 0 aliphatic rings. The molecule has 4 aromatic heterocycles. The summed E-state index contributed by atoms with van der Waals surface area (Å²) in [5, 5.41) is 15.4. The molecule has 5 aromatic rings. The predicted molar refractivity (Wildman–Crippen MR) is 116 cm³/mol. The van der Waals surface area contributed by atoms with Gasteiger partial charge in [-0.1, -0.05) is 24.3 Å². The predicted octanol–water partition coefficient (Wildman–Crippen LogP) is 2.53. The van der Waals surface area contributed by atoms with Crippen LogP contribution < -0.4 is 0 Å². The van der Waals surface area contributed by atoms with E-state index in [1.807, 2.05) is 24.3 Å². The standard InChI is InChI=1S/C23H18N6O4/c30-22(17-5-7-20-26-24-14-28(20)11-17)32-10-9-16-3-1-2-4-19(16)13-33-23(31)18-6-8-21-27-25-15-29(21)12-18/h1-8,11-12,14-15H,9-10,13H2. The van der Waals surface area contributed by atoms with Gasteiger partial charge < -0.3 is 9.47 Å². The van der Waals surface area contributed by atoms with Crippen LogP contribution in [0.4, 0.5) is 0 Å². The van der Waals surface area contributed by atoms with E-state index >= 15 is 0 Å². The molecular weight excluding hydrogens is 424 g/mol. The van der Waals surface area contributed by atoms with Crippen LogP contribution >= 0.6 is 0 Å². The summed E-state index contributed by atoms with van der Waals surface area (Å²) < 4.78 is 14.2. The van der Waals surface area contributed by atoms with Crippen molar-refractivity contribution >= 4 is 23.2 Å². The number of benzene rings is 1. The van der Waals surface area contributed by atoms with E-state index in [-0.39, 0.29) is 13.2 Å². The molecule has 0 amide bonds. The summed E-state index contributed by atoms with van der Waals surface area (Å²) in [6.07, 6.45) is 6.78. The van der Waals surface area contributed by atoms with Crippen LogP contribution in [0.5, 0.6) is 0 Å². The van der Waals surface area contributed by atoms with Gasteiger partial charge in [0.05, 0.1) is 17.7 Å². The highest BCUT2D eigenvalue weighted by Crippen LogP contribution is 2.14. The maximum Gasteiger partial charge on any atom is 0.339 e. The van der Waals surface area contributed by atoms with Crippen LogP contribution in [-0.4, -0.2) is 47.7 Å². The van der Waals surface area contributed by atoms with Crippen molar-refractivity contribution in [3.8, 4) is 0 Å². The monoisotopic (exact) mass is 442 g/mol. The SMILES string of the molecule is O=C(OCCc1ccccc1COC(=O)c1ccc2nncn2c1)c1ccc2nncn2c1. The summed E-state index contributed by atoms with van der Waals surface area (Å²) in [6.45, 7) is 0.293. The summed E-state index contributed by atoms with van der Waals surface area (Å²) in [7, 11) is 0. The van der Waals surface area contributed by atoms with E-state index in [1.165, 1.54) is 12.7 Å². The van der Waals surface area contributed by atoms with E-state index in [1.54, 1.807) is 45.5 Å². The molecule has 0 aliphatic carbocycles. The van der Waals surface area contributed by atoms with Crippen molar-refractivity contribution in [1.29, 1.82) is 0 Å². The van der Waals surface area contributed by atoms with Crippen molar-refractivity contribution in [3.63, 3.8) is 0 Å². The van der Waals surface area contributed by atoms with Gasteiger partial charge in [0.2, 0.25) is 0 Å². The van der Waals surface area contributed by atoms with E-state index in [2.05, 4.69) is 20.4 Å². The fourth-order valence-corrected chi connectivity index (χ4v) is 3.40. The second kappa shape index (κ2) is 8.87. The number of esters is 2. The number of rotatable bonds is 7. The molecule has 0 saturated carbocycles. The molecule has 0 aliphatic heterocycles. The number of carbonyl (C=O) groups is 2. The van der Waals surface area contributed by atoms with Crippen LogP contribution in [0, 0.1) is 0 Å². The molecule has 0 unspecified atom stereocenters. The molecule has 1 aromatic carbocycles. The van der Waals surface area contributed by atoms with Crippen LogP contribution in [-0.2, 0) is 22.5 Å². The average Bonchev–Trinajstić information content (AvgIpc) is 3.51. The Hall–Kier alpha value is -4.60. The van der Waals surface area contributed by atoms with Crippen molar-refractivity contribution in [2.45, 2.75) is 13.0 Å². The average molecular weight is 442 g/mol. The first-order valence-electron chi connectivity index (χ1n) is 10.2. The second-order valence-electron chi connectivity index (χ2n) is 7.26. The van der Waals surface area contributed by atoms with Gasteiger partial charge in [-0.3, -0.25) is 8.80 Å². The first kappa shape index (κ1) is 20.3. The summed E-state index contributed by atoms with van der Waals surface area (Å²) in [5.41, 5.74) is 3.89. The van der Waals surface area contributed by atoms with Gasteiger partial charge in [-0.15, -0.1) is 20.4 Å². The first-order chi connectivity index (χ1) is 16.2. The molecule has 0 saturated heterocycles. The summed E-state index contributed by atoms with van der Waals surface area (Å²) in [6, 6.07) is 14.3. The van der Waals surface area contributed by atoms with Crippen LogP contribution in [0.2, 0.25) is 0 Å². The number of hydrogen-bond donors (Lipinski definition) is 0. The maximum absolute atomic E-state index is 12.5. The minimum absolute atomic E-state index is 0.105. The van der Waals surface area contributed by atoms with Crippen molar-refractivity contribution in [2.75, 3.05) is 6.61 Å². The largest absolute Gasteiger partial charge is 0.462 e. The van der Waals surface area contributed by atoms with Gasteiger partial charge in [0.15, 0.2) is 11.3 Å². The summed E-state index contributed by atoms with van der Waals surface area (Å²) in [4.78, 5) is 24.8. The first-order valence-corrected chi connectivity index (χ1v) is 10.2. The molecule has 164 valence electrons. The number of aromatic nitrogens is 6. The third-order valence-corrected chi connectivity index (χ3v) is 5.13. The number of carbonyl (C=O) groups excluding carboxylic acids is 2. The van der Waals surface area contributed by atoms with Crippen LogP contribution in [0.25, 0.3) is 11.3 Å². The van der Waals surface area contributed by atoms with Crippen LogP contribution in [0.3, 0.4) is 0 Å². The quantitative estimate of drug-likeness (QED) is 0.353. The topological polar surface area (TPSA) is 113 Å². The van der Waals surface area contributed by atoms with Crippen LogP contribution in [0.15, 0.2) is 73.6 Å². The van der Waals surface area contributed by atoms with E-state index in [4.69, 9.17) is 9.47 Å². The van der Waals surface area contributed by atoms with Gasteiger partial charge in [0, 0.05) is 18.8 Å². The molecule has 0 N–H and O–H groups in total. The number of hydrogen-bond acceptors (Lipinski definition) is 8. The summed E-state index contributed by atoms with van der Waals surface area (Å²) >= 11 is 0. The van der Waals surface area contributed by atoms with Gasteiger partial charge >= 0.3 is 11.9 Å². The Balaban J connectivity index is 1.18. The third kappa shape index (κ3) is 4.40. The zero-order valence-corrected chi connectivity index (χ0v) is 17.4. The zero-order valence-electron chi connectivity index (χ0n) is 17.4. The molecule has 0 spiro atoms. The highest BCUT2D eigenvalue weighted by atomic mass is 16.5. The number of ether oxygens (including phenoxy) is 2. The Morgan fingerprint density at radius 3 is 1.94 bits per heavy atom. The van der Waals surface area contributed by atoms with Crippen LogP contribution in [0.1, 0.15) is 31.8 Å². The van der Waals surface area contributed by atoms with E-state index in [9.17, 15) is 9.59 Å². The number of pyridine rings is 2. The Labute approximate surface area is 187 Å². The lowest BCUT2D eigenvalue weighted by molar-refractivity contribution is 0.0471. The molecule has 0 bridgehead atoms. The highest BCUT2D eigenvalue weighted by Gasteiger charge is 2.12. The van der Waals surface area contributed by atoms with Gasteiger partial charge in [-0.05, 0) is 35.4 Å². The normalized spacial score (nSPS) is 11.0. The Morgan fingerprint density at radius 2 is 1.30 bits per heavy atom. The molecule has 10 heteroatoms. The summed E-state index contributed by atoms with van der Waals surface area (Å²) in [5.74, 6) is -0.880. The lowest BCUT2D eigenvalue weighted by atomic mass is 10.1.